The molecule has 0 bridgehead atoms. The highest BCUT2D eigenvalue weighted by Gasteiger charge is 2.26. The molecule has 5 rings (SSSR count). The van der Waals surface area contributed by atoms with E-state index in [2.05, 4.69) is 9.88 Å². The summed E-state index contributed by atoms with van der Waals surface area (Å²) in [6.45, 7) is 3.71. The van der Waals surface area contributed by atoms with Crippen LogP contribution in [0.3, 0.4) is 0 Å². The molecular weight excluding hydrogens is 494 g/mol. The van der Waals surface area contributed by atoms with Gasteiger partial charge in [0.05, 0.1) is 34.9 Å². The van der Waals surface area contributed by atoms with Crippen molar-refractivity contribution in [1.82, 2.24) is 14.8 Å². The van der Waals surface area contributed by atoms with E-state index in [0.717, 1.165) is 73.1 Å². The molecular formula is C31H37N3O5. The molecule has 0 N–H and O–H groups in total. The Bertz CT molecular complexity index is 1370. The monoisotopic (exact) mass is 531 g/mol. The first-order valence-electron chi connectivity index (χ1n) is 13.5. The Balaban J connectivity index is 1.23. The summed E-state index contributed by atoms with van der Waals surface area (Å²) in [6, 6.07) is 7.88. The molecule has 1 amide bonds. The van der Waals surface area contributed by atoms with E-state index in [0.29, 0.717) is 29.6 Å². The van der Waals surface area contributed by atoms with E-state index in [1.165, 1.54) is 5.56 Å². The highest BCUT2D eigenvalue weighted by Crippen LogP contribution is 2.34. The van der Waals surface area contributed by atoms with Crippen LogP contribution < -0.4 is 18.9 Å². The van der Waals surface area contributed by atoms with Crippen LogP contribution in [0, 0.1) is 5.92 Å². The van der Waals surface area contributed by atoms with E-state index in [1.807, 2.05) is 53.8 Å². The topological polar surface area (TPSA) is 73.4 Å². The first-order chi connectivity index (χ1) is 19.0. The van der Waals surface area contributed by atoms with Gasteiger partial charge in [0.1, 0.15) is 0 Å². The van der Waals surface area contributed by atoms with Gasteiger partial charge in [-0.25, -0.2) is 0 Å². The number of hydrogen-bond donors (Lipinski definition) is 0. The maximum Gasteiger partial charge on any atom is 0.230 e. The van der Waals surface area contributed by atoms with Crippen molar-refractivity contribution in [2.75, 3.05) is 54.6 Å². The summed E-state index contributed by atoms with van der Waals surface area (Å²) in [5.41, 5.74) is 3.15. The van der Waals surface area contributed by atoms with E-state index in [4.69, 9.17) is 18.9 Å². The number of benzene rings is 2. The minimum Gasteiger partial charge on any atom is -0.493 e. The van der Waals surface area contributed by atoms with Gasteiger partial charge in [0.25, 0.3) is 0 Å². The average Bonchev–Trinajstić information content (AvgIpc) is 3.12. The number of likely N-dealkylation sites (tertiary alicyclic amines) is 1. The third-order valence-corrected chi connectivity index (χ3v) is 7.84. The van der Waals surface area contributed by atoms with Crippen LogP contribution in [0.15, 0.2) is 42.9 Å². The number of methoxy groups -OCH3 is 4. The fourth-order valence-corrected chi connectivity index (χ4v) is 5.74. The quantitative estimate of drug-likeness (QED) is 0.400. The van der Waals surface area contributed by atoms with Crippen LogP contribution in [0.5, 0.6) is 23.0 Å². The van der Waals surface area contributed by atoms with Gasteiger partial charge in [-0.15, -0.1) is 0 Å². The molecule has 1 atom stereocenters. The Labute approximate surface area is 230 Å². The van der Waals surface area contributed by atoms with Gasteiger partial charge >= 0.3 is 0 Å². The summed E-state index contributed by atoms with van der Waals surface area (Å²) >= 11 is 0. The maximum atomic E-state index is 13.2. The van der Waals surface area contributed by atoms with Gasteiger partial charge in [-0.05, 0) is 84.1 Å². The number of aromatic nitrogens is 1. The van der Waals surface area contributed by atoms with Gasteiger partial charge in [-0.1, -0.05) is 0 Å². The molecule has 3 heterocycles. The van der Waals surface area contributed by atoms with E-state index in [9.17, 15) is 4.79 Å². The first kappa shape index (κ1) is 26.8. The lowest BCUT2D eigenvalue weighted by Gasteiger charge is -2.34. The standard InChI is InChI=1S/C31H37N3O5/c1-36-27-12-22-8-11-34(31(35)15-24(22)13-28(27)37-2)20-21-6-5-9-33(19-21)10-7-23-17-32-18-25-14-29(38-3)30(39-4)16-26(23)25/h8,11-14,16-18,21H,5-7,9-10,15,19-20H2,1-4H3. The second-order valence-corrected chi connectivity index (χ2v) is 10.2. The number of pyridine rings is 1. The van der Waals surface area contributed by atoms with Crippen LogP contribution >= 0.6 is 0 Å². The molecule has 206 valence electrons. The zero-order chi connectivity index (χ0) is 27.4. The first-order valence-corrected chi connectivity index (χ1v) is 13.5. The summed E-state index contributed by atoms with van der Waals surface area (Å²) < 4.78 is 21.9. The van der Waals surface area contributed by atoms with Crippen molar-refractivity contribution < 1.29 is 23.7 Å². The molecule has 0 spiro atoms. The number of ether oxygens (including phenoxy) is 4. The minimum atomic E-state index is 0.112. The summed E-state index contributed by atoms with van der Waals surface area (Å²) in [4.78, 5) is 22.1. The van der Waals surface area contributed by atoms with Gasteiger partial charge in [0, 0.05) is 43.6 Å². The number of hydrogen-bond acceptors (Lipinski definition) is 7. The van der Waals surface area contributed by atoms with Crippen LogP contribution in [0.25, 0.3) is 16.8 Å². The zero-order valence-corrected chi connectivity index (χ0v) is 23.2. The molecule has 2 aromatic carbocycles. The van der Waals surface area contributed by atoms with E-state index in [-0.39, 0.29) is 5.91 Å². The van der Waals surface area contributed by atoms with Gasteiger partial charge < -0.3 is 28.7 Å². The number of piperidine rings is 1. The SMILES string of the molecule is COc1cc2c(cc1OC)CC(=O)N(CC1CCCN(CCc3cncc4cc(OC)c(OC)cc34)C1)C=C2. The second-order valence-electron chi connectivity index (χ2n) is 10.2. The molecule has 39 heavy (non-hydrogen) atoms. The van der Waals surface area contributed by atoms with Crippen molar-refractivity contribution in [3.05, 3.63) is 59.5 Å². The van der Waals surface area contributed by atoms with E-state index >= 15 is 0 Å². The lowest BCUT2D eigenvalue weighted by Crippen LogP contribution is -2.42. The lowest BCUT2D eigenvalue weighted by atomic mass is 9.96. The van der Waals surface area contributed by atoms with Crippen molar-refractivity contribution >= 4 is 22.8 Å². The molecule has 8 heteroatoms. The van der Waals surface area contributed by atoms with E-state index in [1.54, 1.807) is 28.4 Å². The number of nitrogens with zero attached hydrogens (tertiary/aromatic N) is 3. The molecule has 8 nitrogen and oxygen atoms in total. The van der Waals surface area contributed by atoms with Crippen molar-refractivity contribution in [2.45, 2.75) is 25.7 Å². The van der Waals surface area contributed by atoms with Crippen molar-refractivity contribution in [3.63, 3.8) is 0 Å². The maximum absolute atomic E-state index is 13.2. The number of carbonyl (C=O) groups excluding carboxylic acids is 1. The zero-order valence-electron chi connectivity index (χ0n) is 23.2. The normalized spacial score (nSPS) is 17.6. The molecule has 1 saturated heterocycles. The van der Waals surface area contributed by atoms with E-state index < -0.39 is 0 Å². The van der Waals surface area contributed by atoms with Gasteiger partial charge in [0.2, 0.25) is 5.91 Å². The van der Waals surface area contributed by atoms with Crippen LogP contribution in [0.4, 0.5) is 0 Å². The fraction of sp³-hybridized carbons (Fsp3) is 0.419. The molecule has 0 aliphatic carbocycles. The summed E-state index contributed by atoms with van der Waals surface area (Å²) in [7, 11) is 6.55. The highest BCUT2D eigenvalue weighted by atomic mass is 16.5. The number of rotatable bonds is 9. The second kappa shape index (κ2) is 11.9. The summed E-state index contributed by atoms with van der Waals surface area (Å²) in [5, 5.41) is 2.19. The van der Waals surface area contributed by atoms with Crippen molar-refractivity contribution in [1.29, 1.82) is 0 Å². The van der Waals surface area contributed by atoms with Crippen LogP contribution in [-0.4, -0.2) is 75.3 Å². The average molecular weight is 532 g/mol. The highest BCUT2D eigenvalue weighted by molar-refractivity contribution is 5.88. The minimum absolute atomic E-state index is 0.112. The Hall–Kier alpha value is -3.78. The van der Waals surface area contributed by atoms with Crippen LogP contribution in [0.1, 0.15) is 29.5 Å². The molecule has 2 aliphatic heterocycles. The fourth-order valence-electron chi connectivity index (χ4n) is 5.74. The van der Waals surface area contributed by atoms with Gasteiger partial charge in [0.15, 0.2) is 23.0 Å². The number of fused-ring (bicyclic) bond motifs is 2. The number of amides is 1. The molecule has 3 aromatic rings. The molecule has 2 aliphatic rings. The number of carbonyl (C=O) groups is 1. The van der Waals surface area contributed by atoms with Crippen molar-refractivity contribution in [3.8, 4) is 23.0 Å². The largest absolute Gasteiger partial charge is 0.493 e. The Kier molecular flexibility index (Phi) is 8.21. The summed E-state index contributed by atoms with van der Waals surface area (Å²) in [6.07, 6.45) is 11.3. The predicted octanol–water partition coefficient (Wildman–Crippen LogP) is 4.58. The molecule has 0 saturated carbocycles. The summed E-state index contributed by atoms with van der Waals surface area (Å²) in [5.74, 6) is 3.29. The Morgan fingerprint density at radius 3 is 2.41 bits per heavy atom. The Morgan fingerprint density at radius 2 is 1.64 bits per heavy atom. The Morgan fingerprint density at radius 1 is 0.923 bits per heavy atom. The predicted molar refractivity (Wildman–Crippen MR) is 152 cm³/mol. The lowest BCUT2D eigenvalue weighted by molar-refractivity contribution is -0.128. The molecule has 1 unspecified atom stereocenters. The van der Waals surface area contributed by atoms with Crippen LogP contribution in [-0.2, 0) is 17.6 Å². The molecule has 1 aromatic heterocycles. The molecule has 1 fully saturated rings. The van der Waals surface area contributed by atoms with Gasteiger partial charge in [-0.2, -0.15) is 0 Å². The van der Waals surface area contributed by atoms with Gasteiger partial charge in [-0.3, -0.25) is 9.78 Å². The molecule has 0 radical (unpaired) electrons. The third kappa shape index (κ3) is 5.81. The van der Waals surface area contributed by atoms with Crippen molar-refractivity contribution in [2.24, 2.45) is 5.92 Å². The van der Waals surface area contributed by atoms with Crippen LogP contribution in [0.2, 0.25) is 0 Å². The third-order valence-electron chi connectivity index (χ3n) is 7.84. The smallest absolute Gasteiger partial charge is 0.230 e.